The molecule has 0 aromatic rings. The van der Waals surface area contributed by atoms with Crippen molar-refractivity contribution in [1.29, 1.82) is 0 Å². The number of hydrogen-bond donors (Lipinski definition) is 1. The minimum absolute atomic E-state index is 0.457. The van der Waals surface area contributed by atoms with Gasteiger partial charge >= 0.3 is 0 Å². The van der Waals surface area contributed by atoms with Crippen LogP contribution in [0.5, 0.6) is 0 Å². The van der Waals surface area contributed by atoms with Crippen molar-refractivity contribution in [2.45, 2.75) is 20.3 Å². The molecule has 0 aromatic heterocycles. The molecule has 1 atom stereocenters. The van der Waals surface area contributed by atoms with E-state index in [-0.39, 0.29) is 0 Å². The Kier molecular flexibility index (Phi) is 6.39. The van der Waals surface area contributed by atoms with Crippen LogP contribution in [0, 0.1) is 5.92 Å². The number of hydrogen-bond acceptors (Lipinski definition) is 1. The highest BCUT2D eigenvalue weighted by atomic mass is 14.5. The van der Waals surface area contributed by atoms with Gasteiger partial charge in [0.05, 0.1) is 0 Å². The number of allylic oxidation sites excluding steroid dienone is 4. The highest BCUT2D eigenvalue weighted by Gasteiger charge is 2.05. The van der Waals surface area contributed by atoms with Crippen molar-refractivity contribution in [1.82, 2.24) is 0 Å². The van der Waals surface area contributed by atoms with E-state index >= 15 is 0 Å². The highest BCUT2D eigenvalue weighted by molar-refractivity contribution is 5.24. The van der Waals surface area contributed by atoms with Gasteiger partial charge in [-0.25, -0.2) is 0 Å². The van der Waals surface area contributed by atoms with Crippen LogP contribution in [-0.2, 0) is 0 Å². The van der Waals surface area contributed by atoms with Crippen molar-refractivity contribution in [2.75, 3.05) is 6.54 Å². The molecule has 1 unspecified atom stereocenters. The van der Waals surface area contributed by atoms with E-state index in [1.807, 2.05) is 25.2 Å². The van der Waals surface area contributed by atoms with E-state index in [4.69, 9.17) is 5.73 Å². The van der Waals surface area contributed by atoms with E-state index in [9.17, 15) is 0 Å². The van der Waals surface area contributed by atoms with Gasteiger partial charge in [-0.2, -0.15) is 0 Å². The van der Waals surface area contributed by atoms with Gasteiger partial charge < -0.3 is 5.73 Å². The monoisotopic (exact) mass is 165 g/mol. The molecule has 0 saturated heterocycles. The average molecular weight is 165 g/mol. The van der Waals surface area contributed by atoms with Crippen LogP contribution in [0.1, 0.15) is 20.3 Å². The molecule has 0 fully saturated rings. The smallest absolute Gasteiger partial charge is 0.000834 e. The van der Waals surface area contributed by atoms with Gasteiger partial charge in [-0.1, -0.05) is 37.8 Å². The molecule has 0 rings (SSSR count). The third kappa shape index (κ3) is 3.54. The molecule has 1 heteroatoms. The molecule has 0 bridgehead atoms. The predicted molar refractivity (Wildman–Crippen MR) is 55.9 cm³/mol. The third-order valence-electron chi connectivity index (χ3n) is 1.97. The predicted octanol–water partition coefficient (Wildman–Crippen LogP) is 2.66. The van der Waals surface area contributed by atoms with Crippen molar-refractivity contribution in [3.63, 3.8) is 0 Å². The van der Waals surface area contributed by atoms with E-state index in [2.05, 4.69) is 19.6 Å². The normalized spacial score (nSPS) is 15.1. The number of rotatable bonds is 5. The van der Waals surface area contributed by atoms with E-state index in [1.165, 1.54) is 5.57 Å². The zero-order valence-electron chi connectivity index (χ0n) is 8.09. The Morgan fingerprint density at radius 3 is 2.58 bits per heavy atom. The zero-order chi connectivity index (χ0) is 9.40. The summed E-state index contributed by atoms with van der Waals surface area (Å²) in [5, 5.41) is 0. The molecule has 68 valence electrons. The quantitative estimate of drug-likeness (QED) is 0.623. The summed E-state index contributed by atoms with van der Waals surface area (Å²) in [4.78, 5) is 0. The molecule has 2 N–H and O–H groups in total. The molecule has 0 spiro atoms. The summed E-state index contributed by atoms with van der Waals surface area (Å²) < 4.78 is 0. The van der Waals surface area contributed by atoms with Crippen LogP contribution < -0.4 is 5.73 Å². The Labute approximate surface area is 75.7 Å². The van der Waals surface area contributed by atoms with Crippen LogP contribution in [0.15, 0.2) is 36.5 Å². The van der Waals surface area contributed by atoms with E-state index in [0.29, 0.717) is 12.5 Å². The van der Waals surface area contributed by atoms with Crippen molar-refractivity contribution >= 4 is 0 Å². The first-order valence-electron chi connectivity index (χ1n) is 4.45. The SMILES string of the molecule is C=C/C(=C\C=C/C)C(CC)CN. The second-order valence-corrected chi connectivity index (χ2v) is 2.74. The van der Waals surface area contributed by atoms with E-state index in [1.54, 1.807) is 0 Å². The summed E-state index contributed by atoms with van der Waals surface area (Å²) in [6, 6.07) is 0. The fourth-order valence-electron chi connectivity index (χ4n) is 1.12. The lowest BCUT2D eigenvalue weighted by Crippen LogP contribution is -2.14. The van der Waals surface area contributed by atoms with Gasteiger partial charge in [0.1, 0.15) is 0 Å². The Hall–Kier alpha value is -0.820. The average Bonchev–Trinajstić information content (AvgIpc) is 2.12. The van der Waals surface area contributed by atoms with Gasteiger partial charge in [-0.15, -0.1) is 0 Å². The largest absolute Gasteiger partial charge is 0.330 e. The Morgan fingerprint density at radius 2 is 2.25 bits per heavy atom. The maximum Gasteiger partial charge on any atom is -0.000834 e. The van der Waals surface area contributed by atoms with E-state index in [0.717, 1.165) is 6.42 Å². The molecular formula is C11H19N. The summed E-state index contributed by atoms with van der Waals surface area (Å²) in [5.74, 6) is 0.457. The van der Waals surface area contributed by atoms with Crippen LogP contribution >= 0.6 is 0 Å². The Balaban J connectivity index is 4.39. The molecule has 0 saturated carbocycles. The molecule has 0 amide bonds. The van der Waals surface area contributed by atoms with Crippen molar-refractivity contribution in [2.24, 2.45) is 11.7 Å². The van der Waals surface area contributed by atoms with Gasteiger partial charge in [-0.3, -0.25) is 0 Å². The van der Waals surface area contributed by atoms with Gasteiger partial charge in [0.15, 0.2) is 0 Å². The van der Waals surface area contributed by atoms with Crippen LogP contribution in [0.25, 0.3) is 0 Å². The molecular weight excluding hydrogens is 146 g/mol. The molecule has 1 nitrogen and oxygen atoms in total. The summed E-state index contributed by atoms with van der Waals surface area (Å²) in [6.07, 6.45) is 9.07. The molecule has 0 aromatic carbocycles. The first kappa shape index (κ1) is 11.2. The Bertz CT molecular complexity index is 173. The molecule has 0 aliphatic carbocycles. The second kappa shape index (κ2) is 6.86. The minimum atomic E-state index is 0.457. The van der Waals surface area contributed by atoms with Gasteiger partial charge in [0, 0.05) is 0 Å². The first-order chi connectivity index (χ1) is 5.79. The van der Waals surface area contributed by atoms with Crippen molar-refractivity contribution in [3.8, 4) is 0 Å². The topological polar surface area (TPSA) is 26.0 Å². The highest BCUT2D eigenvalue weighted by Crippen LogP contribution is 2.14. The van der Waals surface area contributed by atoms with Crippen LogP contribution in [0.4, 0.5) is 0 Å². The summed E-state index contributed by atoms with van der Waals surface area (Å²) >= 11 is 0. The summed E-state index contributed by atoms with van der Waals surface area (Å²) in [5.41, 5.74) is 6.85. The molecule has 0 aliphatic rings. The lowest BCUT2D eigenvalue weighted by Gasteiger charge is -2.12. The third-order valence-corrected chi connectivity index (χ3v) is 1.97. The van der Waals surface area contributed by atoms with Crippen molar-refractivity contribution < 1.29 is 0 Å². The second-order valence-electron chi connectivity index (χ2n) is 2.74. The lowest BCUT2D eigenvalue weighted by molar-refractivity contribution is 0.616. The summed E-state index contributed by atoms with van der Waals surface area (Å²) in [7, 11) is 0. The number of nitrogens with two attached hydrogens (primary N) is 1. The van der Waals surface area contributed by atoms with Crippen LogP contribution in [0.2, 0.25) is 0 Å². The van der Waals surface area contributed by atoms with Crippen LogP contribution in [0.3, 0.4) is 0 Å². The standard InChI is InChI=1S/C11H19N/c1-4-7-8-10(5-2)11(6-3)9-12/h4-5,7-8,11H,2,6,9,12H2,1,3H3/b7-4-,10-8+. The summed E-state index contributed by atoms with van der Waals surface area (Å²) in [6.45, 7) is 8.62. The fourth-order valence-corrected chi connectivity index (χ4v) is 1.12. The van der Waals surface area contributed by atoms with Gasteiger partial charge in [0.25, 0.3) is 0 Å². The minimum Gasteiger partial charge on any atom is -0.330 e. The van der Waals surface area contributed by atoms with Gasteiger partial charge in [-0.05, 0) is 31.4 Å². The Morgan fingerprint density at radius 1 is 1.58 bits per heavy atom. The maximum absolute atomic E-state index is 5.62. The lowest BCUT2D eigenvalue weighted by atomic mass is 9.96. The zero-order valence-corrected chi connectivity index (χ0v) is 8.09. The molecule has 0 aliphatic heterocycles. The first-order valence-corrected chi connectivity index (χ1v) is 4.45. The molecule has 0 radical (unpaired) electrons. The fraction of sp³-hybridized carbons (Fsp3) is 0.455. The maximum atomic E-state index is 5.62. The molecule has 0 heterocycles. The van der Waals surface area contributed by atoms with Crippen LogP contribution in [-0.4, -0.2) is 6.54 Å². The van der Waals surface area contributed by atoms with Crippen molar-refractivity contribution in [3.05, 3.63) is 36.5 Å². The molecule has 12 heavy (non-hydrogen) atoms. The van der Waals surface area contributed by atoms with E-state index < -0.39 is 0 Å². The van der Waals surface area contributed by atoms with Gasteiger partial charge in [0.2, 0.25) is 0 Å².